The minimum atomic E-state index is -1.33. The van der Waals surface area contributed by atoms with Crippen LogP contribution in [0.25, 0.3) is 0 Å². The van der Waals surface area contributed by atoms with Crippen molar-refractivity contribution in [1.29, 1.82) is 0 Å². The van der Waals surface area contributed by atoms with Gasteiger partial charge in [0.25, 0.3) is 0 Å². The topological polar surface area (TPSA) is 0 Å². The van der Waals surface area contributed by atoms with Crippen molar-refractivity contribution >= 4 is 19.2 Å². The van der Waals surface area contributed by atoms with Crippen LogP contribution in [0.2, 0.25) is 0 Å². The summed E-state index contributed by atoms with van der Waals surface area (Å²) >= 11 is 2.33. The maximum Gasteiger partial charge on any atom is -1.00 e. The van der Waals surface area contributed by atoms with Crippen molar-refractivity contribution in [3.63, 3.8) is 0 Å². The molecule has 26 heavy (non-hydrogen) atoms. The number of benzene rings is 2. The first-order chi connectivity index (χ1) is 11.2. The molecule has 3 rings (SSSR count). The average Bonchev–Trinajstić information content (AvgIpc) is 2.86. The predicted molar refractivity (Wildman–Crippen MR) is 98.6 cm³/mol. The van der Waals surface area contributed by atoms with E-state index in [4.69, 9.17) is 0 Å². The molecule has 0 spiro atoms. The van der Waals surface area contributed by atoms with Gasteiger partial charge in [-0.2, -0.15) is 0 Å². The average molecular weight is 458 g/mol. The van der Waals surface area contributed by atoms with Gasteiger partial charge in [-0.15, -0.1) is 0 Å². The Labute approximate surface area is 189 Å². The molecule has 0 nitrogen and oxygen atoms in total. The van der Waals surface area contributed by atoms with Gasteiger partial charge in [-0.1, -0.05) is 0 Å². The maximum absolute atomic E-state index is 2.34. The summed E-state index contributed by atoms with van der Waals surface area (Å²) in [5, 5.41) is 4.84. The third-order valence-electron chi connectivity index (χ3n) is 4.69. The summed E-state index contributed by atoms with van der Waals surface area (Å²) in [6.07, 6.45) is 3.64. The monoisotopic (exact) mass is 456 g/mol. The van der Waals surface area contributed by atoms with Gasteiger partial charge in [-0.25, -0.2) is 0 Å². The number of rotatable bonds is 5. The molecular formula is C21H23Cl3SiTi. The fraction of sp³-hybridized carbons (Fsp3) is 0.238. The molecule has 0 saturated carbocycles. The van der Waals surface area contributed by atoms with E-state index in [9.17, 15) is 0 Å². The minimum Gasteiger partial charge on any atom is -1.00 e. The Morgan fingerprint density at radius 1 is 0.846 bits per heavy atom. The van der Waals surface area contributed by atoms with Crippen molar-refractivity contribution < 1.29 is 57.7 Å². The van der Waals surface area contributed by atoms with Crippen molar-refractivity contribution in [2.45, 2.75) is 33.1 Å². The molecule has 0 heterocycles. The second kappa shape index (κ2) is 12.2. The first kappa shape index (κ1) is 25.7. The van der Waals surface area contributed by atoms with Gasteiger partial charge < -0.3 is 37.2 Å². The number of halogens is 3. The van der Waals surface area contributed by atoms with Crippen LogP contribution >= 0.6 is 0 Å². The number of allylic oxidation sites excluding steroid dienone is 4. The third-order valence-corrected chi connectivity index (χ3v) is 9.18. The fourth-order valence-corrected chi connectivity index (χ4v) is 7.96. The van der Waals surface area contributed by atoms with Crippen LogP contribution in [0.4, 0.5) is 0 Å². The van der Waals surface area contributed by atoms with Gasteiger partial charge in [0.1, 0.15) is 0 Å². The summed E-state index contributed by atoms with van der Waals surface area (Å²) in [5.74, 6) is 0. The van der Waals surface area contributed by atoms with E-state index in [2.05, 4.69) is 94.9 Å². The number of hydrogen-bond acceptors (Lipinski definition) is 0. The zero-order chi connectivity index (χ0) is 16.2. The first-order valence-electron chi connectivity index (χ1n) is 8.46. The SMILES string of the molecule is CCCC1=C([SiH](c2ccccc2)c2ccccc2)CC(C)=[C]1[Ti+3].[Cl-].[Cl-].[Cl-]. The van der Waals surface area contributed by atoms with Gasteiger partial charge >= 0.3 is 154 Å². The second-order valence-corrected chi connectivity index (χ2v) is 10.0. The summed E-state index contributed by atoms with van der Waals surface area (Å²) in [6, 6.07) is 22.4. The molecule has 0 aliphatic heterocycles. The Bertz CT molecular complexity index is 703. The summed E-state index contributed by atoms with van der Waals surface area (Å²) in [7, 11) is -1.33. The molecule has 1 aliphatic carbocycles. The zero-order valence-corrected chi connectivity index (χ0v) is 20.1. The summed E-state index contributed by atoms with van der Waals surface area (Å²) in [6.45, 7) is 4.62. The van der Waals surface area contributed by atoms with Crippen LogP contribution in [0.5, 0.6) is 0 Å². The zero-order valence-electron chi connectivity index (χ0n) is 15.1. The molecule has 0 fully saturated rings. The van der Waals surface area contributed by atoms with Gasteiger partial charge in [0.2, 0.25) is 0 Å². The maximum atomic E-state index is 2.34. The van der Waals surface area contributed by atoms with E-state index in [0.29, 0.717) is 0 Å². The van der Waals surface area contributed by atoms with Gasteiger partial charge in [0.15, 0.2) is 0 Å². The molecule has 0 saturated heterocycles. The van der Waals surface area contributed by atoms with Crippen LogP contribution in [-0.4, -0.2) is 8.80 Å². The van der Waals surface area contributed by atoms with Crippen LogP contribution in [-0.2, 0) is 20.4 Å². The van der Waals surface area contributed by atoms with E-state index in [1.165, 1.54) is 19.3 Å². The molecule has 0 amide bonds. The molecule has 0 N–H and O–H groups in total. The van der Waals surface area contributed by atoms with Crippen molar-refractivity contribution in [2.24, 2.45) is 0 Å². The summed E-state index contributed by atoms with van der Waals surface area (Å²) in [4.78, 5) is 0. The summed E-state index contributed by atoms with van der Waals surface area (Å²) in [5.41, 5.74) is 3.24. The van der Waals surface area contributed by atoms with E-state index in [0.717, 1.165) is 0 Å². The minimum absolute atomic E-state index is 0. The molecular weight excluding hydrogens is 435 g/mol. The summed E-state index contributed by atoms with van der Waals surface area (Å²) < 4.78 is 1.56. The molecule has 0 unspecified atom stereocenters. The molecule has 1 aliphatic rings. The smallest absolute Gasteiger partial charge is 1.00 e. The molecule has 0 radical (unpaired) electrons. The Kier molecular flexibility index (Phi) is 12.1. The number of hydrogen-bond donors (Lipinski definition) is 0. The molecule has 5 heteroatoms. The van der Waals surface area contributed by atoms with E-state index in [-0.39, 0.29) is 37.2 Å². The molecule has 2 aromatic carbocycles. The van der Waals surface area contributed by atoms with Gasteiger partial charge in [-0.05, 0) is 0 Å². The van der Waals surface area contributed by atoms with E-state index >= 15 is 0 Å². The van der Waals surface area contributed by atoms with Crippen molar-refractivity contribution in [2.75, 3.05) is 0 Å². The van der Waals surface area contributed by atoms with Gasteiger partial charge in [0, 0.05) is 0 Å². The molecule has 0 atom stereocenters. The Balaban J connectivity index is 0.00000208. The van der Waals surface area contributed by atoms with Crippen molar-refractivity contribution in [3.8, 4) is 0 Å². The third kappa shape index (κ3) is 5.61. The molecule has 2 aromatic rings. The second-order valence-electron chi connectivity index (χ2n) is 6.34. The molecule has 136 valence electrons. The van der Waals surface area contributed by atoms with E-state index < -0.39 is 8.80 Å². The van der Waals surface area contributed by atoms with E-state index in [1.54, 1.807) is 30.6 Å². The van der Waals surface area contributed by atoms with Gasteiger partial charge in [0.05, 0.1) is 0 Å². The largest absolute Gasteiger partial charge is 1.00 e. The Hall–Kier alpha value is -0.279. The normalized spacial score (nSPS) is 13.3. The van der Waals surface area contributed by atoms with Crippen molar-refractivity contribution in [3.05, 3.63) is 80.9 Å². The Morgan fingerprint density at radius 2 is 1.31 bits per heavy atom. The van der Waals surface area contributed by atoms with Crippen LogP contribution in [0.1, 0.15) is 33.1 Å². The van der Waals surface area contributed by atoms with Crippen LogP contribution < -0.4 is 47.6 Å². The van der Waals surface area contributed by atoms with Crippen molar-refractivity contribution in [1.82, 2.24) is 0 Å². The first-order valence-corrected chi connectivity index (χ1v) is 11.0. The quantitative estimate of drug-likeness (QED) is 0.394. The Morgan fingerprint density at radius 3 is 1.73 bits per heavy atom. The van der Waals surface area contributed by atoms with Crippen LogP contribution in [0.15, 0.2) is 80.9 Å². The molecule has 0 bridgehead atoms. The van der Waals surface area contributed by atoms with E-state index in [1.807, 2.05) is 0 Å². The van der Waals surface area contributed by atoms with Gasteiger partial charge in [-0.3, -0.25) is 0 Å². The fourth-order valence-electron chi connectivity index (χ4n) is 3.60. The predicted octanol–water partition coefficient (Wildman–Crippen LogP) is -5.10. The van der Waals surface area contributed by atoms with Crippen LogP contribution in [0.3, 0.4) is 0 Å². The molecule has 0 aromatic heterocycles. The van der Waals surface area contributed by atoms with Crippen LogP contribution in [0, 0.1) is 0 Å². The standard InChI is InChI=1S/C21H23Si.3ClH.Ti/c1-3-10-18-15-17(2)16-21(18)22(19-11-6-4-7-12-19)20-13-8-5-9-14-20;;;;/h4-9,11-14,22H,3,10,16H2,1-2H3;3*1H;/q;;;;+3/p-3.